The Morgan fingerprint density at radius 2 is 2.18 bits per heavy atom. The predicted molar refractivity (Wildman–Crippen MR) is 57.9 cm³/mol. The molecule has 0 aliphatic carbocycles. The van der Waals surface area contributed by atoms with E-state index in [4.69, 9.17) is 5.73 Å². The van der Waals surface area contributed by atoms with Crippen molar-refractivity contribution >= 4 is 21.8 Å². The molecule has 1 amide bonds. The number of amides is 1. The first-order valence-electron chi connectivity index (χ1n) is 4.49. The maximum Gasteiger partial charge on any atom is 0.401 e. The van der Waals surface area contributed by atoms with Crippen molar-refractivity contribution in [3.8, 4) is 0 Å². The monoisotopic (exact) mass is 311 g/mol. The molecule has 1 rings (SSSR count). The lowest BCUT2D eigenvalue weighted by atomic mass is 10.1. The van der Waals surface area contributed by atoms with Crippen LogP contribution in [-0.4, -0.2) is 23.6 Å². The highest BCUT2D eigenvalue weighted by molar-refractivity contribution is 9.10. The van der Waals surface area contributed by atoms with Crippen LogP contribution in [0.1, 0.15) is 11.6 Å². The molecule has 4 nitrogen and oxygen atoms in total. The quantitative estimate of drug-likeness (QED) is 0.886. The van der Waals surface area contributed by atoms with Gasteiger partial charge in [-0.3, -0.25) is 15.1 Å². The third-order valence-corrected chi connectivity index (χ3v) is 2.28. The zero-order valence-electron chi connectivity index (χ0n) is 8.46. The number of pyridine rings is 1. The van der Waals surface area contributed by atoms with Gasteiger partial charge in [-0.25, -0.2) is 0 Å². The number of hydrogen-bond donors (Lipinski definition) is 2. The minimum Gasteiger partial charge on any atom is -0.368 e. The zero-order valence-corrected chi connectivity index (χ0v) is 10.0. The van der Waals surface area contributed by atoms with Crippen molar-refractivity contribution in [2.45, 2.75) is 12.2 Å². The van der Waals surface area contributed by atoms with Gasteiger partial charge < -0.3 is 5.73 Å². The second-order valence-corrected chi connectivity index (χ2v) is 4.18. The van der Waals surface area contributed by atoms with Gasteiger partial charge in [0, 0.05) is 16.9 Å². The summed E-state index contributed by atoms with van der Waals surface area (Å²) in [4.78, 5) is 14.8. The van der Waals surface area contributed by atoms with Gasteiger partial charge >= 0.3 is 6.18 Å². The molecule has 0 aromatic carbocycles. The highest BCUT2D eigenvalue weighted by Crippen LogP contribution is 2.19. The number of nitrogens with one attached hydrogen (secondary N) is 1. The summed E-state index contributed by atoms with van der Waals surface area (Å²) in [6.07, 6.45) is -1.68. The summed E-state index contributed by atoms with van der Waals surface area (Å²) in [6.45, 7) is -1.30. The Labute approximate surface area is 104 Å². The van der Waals surface area contributed by atoms with Crippen molar-refractivity contribution in [3.63, 3.8) is 0 Å². The second-order valence-electron chi connectivity index (χ2n) is 3.27. The summed E-state index contributed by atoms with van der Waals surface area (Å²) in [6, 6.07) is 0.257. The van der Waals surface area contributed by atoms with E-state index in [1.165, 1.54) is 18.5 Å². The molecular weight excluding hydrogens is 303 g/mol. The smallest absolute Gasteiger partial charge is 0.368 e. The van der Waals surface area contributed by atoms with Crippen LogP contribution in [0.15, 0.2) is 22.9 Å². The molecule has 0 radical (unpaired) electrons. The summed E-state index contributed by atoms with van der Waals surface area (Å²) < 4.78 is 36.7. The van der Waals surface area contributed by atoms with Gasteiger partial charge in [0.2, 0.25) is 5.91 Å². The predicted octanol–water partition coefficient (Wildman–Crippen LogP) is 1.52. The highest BCUT2D eigenvalue weighted by atomic mass is 79.9. The van der Waals surface area contributed by atoms with Crippen LogP contribution in [0, 0.1) is 0 Å². The fourth-order valence-corrected chi connectivity index (χ4v) is 1.57. The van der Waals surface area contributed by atoms with Crippen LogP contribution >= 0.6 is 15.9 Å². The average Bonchev–Trinajstić information content (AvgIpc) is 2.15. The van der Waals surface area contributed by atoms with E-state index in [9.17, 15) is 18.0 Å². The van der Waals surface area contributed by atoms with Crippen LogP contribution < -0.4 is 11.1 Å². The lowest BCUT2D eigenvalue weighted by Gasteiger charge is -2.16. The van der Waals surface area contributed by atoms with E-state index >= 15 is 0 Å². The van der Waals surface area contributed by atoms with E-state index in [1.54, 1.807) is 0 Å². The third-order valence-electron chi connectivity index (χ3n) is 1.85. The topological polar surface area (TPSA) is 68.0 Å². The lowest BCUT2D eigenvalue weighted by molar-refractivity contribution is -0.130. The number of alkyl halides is 3. The number of halogens is 4. The van der Waals surface area contributed by atoms with Crippen LogP contribution in [0.2, 0.25) is 0 Å². The standard InChI is InChI=1S/C9H9BrF3N3O/c10-6-1-5(2-15-3-6)7(8(14)17)16-4-9(11,12)13/h1-3,7,16H,4H2,(H2,14,17). The van der Waals surface area contributed by atoms with E-state index < -0.39 is 24.7 Å². The molecule has 1 unspecified atom stereocenters. The fourth-order valence-electron chi connectivity index (χ4n) is 1.19. The van der Waals surface area contributed by atoms with Gasteiger partial charge in [0.25, 0.3) is 0 Å². The van der Waals surface area contributed by atoms with Crippen LogP contribution in [0.3, 0.4) is 0 Å². The first kappa shape index (κ1) is 13.9. The molecule has 0 spiro atoms. The van der Waals surface area contributed by atoms with Crippen molar-refractivity contribution in [1.82, 2.24) is 10.3 Å². The Bertz CT molecular complexity index is 411. The van der Waals surface area contributed by atoms with Crippen molar-refractivity contribution < 1.29 is 18.0 Å². The molecule has 1 aromatic rings. The Morgan fingerprint density at radius 1 is 1.53 bits per heavy atom. The molecule has 1 atom stereocenters. The highest BCUT2D eigenvalue weighted by Gasteiger charge is 2.30. The fraction of sp³-hybridized carbons (Fsp3) is 0.333. The first-order valence-corrected chi connectivity index (χ1v) is 5.29. The van der Waals surface area contributed by atoms with Crippen LogP contribution in [0.25, 0.3) is 0 Å². The number of aromatic nitrogens is 1. The van der Waals surface area contributed by atoms with Crippen LogP contribution in [-0.2, 0) is 4.79 Å². The molecule has 0 aliphatic rings. The molecule has 3 N–H and O–H groups in total. The zero-order chi connectivity index (χ0) is 13.1. The molecule has 1 aromatic heterocycles. The van der Waals surface area contributed by atoms with Gasteiger partial charge in [-0.1, -0.05) is 0 Å². The third kappa shape index (κ3) is 4.70. The Morgan fingerprint density at radius 3 is 2.65 bits per heavy atom. The van der Waals surface area contributed by atoms with Gasteiger partial charge in [0.15, 0.2) is 0 Å². The molecule has 0 fully saturated rings. The maximum atomic E-state index is 12.0. The molecule has 0 saturated carbocycles. The summed E-state index contributed by atoms with van der Waals surface area (Å²) in [7, 11) is 0. The van der Waals surface area contributed by atoms with Gasteiger partial charge in [0.05, 0.1) is 6.54 Å². The number of carbonyl (C=O) groups is 1. The lowest BCUT2D eigenvalue weighted by Crippen LogP contribution is -2.39. The van der Waals surface area contributed by atoms with E-state index in [0.29, 0.717) is 4.47 Å². The van der Waals surface area contributed by atoms with Crippen molar-refractivity contribution in [3.05, 3.63) is 28.5 Å². The number of nitrogens with two attached hydrogens (primary N) is 1. The normalized spacial score (nSPS) is 13.4. The molecule has 1 heterocycles. The van der Waals surface area contributed by atoms with E-state index in [0.717, 1.165) is 0 Å². The van der Waals surface area contributed by atoms with Gasteiger partial charge in [0.1, 0.15) is 6.04 Å². The Hall–Kier alpha value is -1.15. The van der Waals surface area contributed by atoms with Crippen LogP contribution in [0.4, 0.5) is 13.2 Å². The van der Waals surface area contributed by atoms with Gasteiger partial charge in [-0.2, -0.15) is 13.2 Å². The van der Waals surface area contributed by atoms with E-state index in [1.807, 2.05) is 5.32 Å². The molecule has 0 saturated heterocycles. The molecule has 0 bridgehead atoms. The van der Waals surface area contributed by atoms with Gasteiger partial charge in [-0.05, 0) is 27.6 Å². The van der Waals surface area contributed by atoms with Crippen LogP contribution in [0.5, 0.6) is 0 Å². The minimum atomic E-state index is -4.41. The van der Waals surface area contributed by atoms with Crippen molar-refractivity contribution in [1.29, 1.82) is 0 Å². The summed E-state index contributed by atoms with van der Waals surface area (Å²) in [5, 5.41) is 2.04. The van der Waals surface area contributed by atoms with Crippen molar-refractivity contribution in [2.75, 3.05) is 6.54 Å². The molecule has 94 valence electrons. The summed E-state index contributed by atoms with van der Waals surface area (Å²) >= 11 is 3.11. The van der Waals surface area contributed by atoms with E-state index in [2.05, 4.69) is 20.9 Å². The molecule has 8 heteroatoms. The largest absolute Gasteiger partial charge is 0.401 e. The molecular formula is C9H9BrF3N3O. The summed E-state index contributed by atoms with van der Waals surface area (Å²) in [5.41, 5.74) is 5.31. The first-order chi connectivity index (χ1) is 7.79. The van der Waals surface area contributed by atoms with E-state index in [-0.39, 0.29) is 5.56 Å². The summed E-state index contributed by atoms with van der Waals surface area (Å²) in [5.74, 6) is -0.894. The number of rotatable bonds is 4. The van der Waals surface area contributed by atoms with Gasteiger partial charge in [-0.15, -0.1) is 0 Å². The molecule has 17 heavy (non-hydrogen) atoms. The average molecular weight is 312 g/mol. The Kier molecular flexibility index (Phi) is 4.47. The number of primary amides is 1. The number of carbonyl (C=O) groups excluding carboxylic acids is 1. The maximum absolute atomic E-state index is 12.0. The SMILES string of the molecule is NC(=O)C(NCC(F)(F)F)c1cncc(Br)c1. The van der Waals surface area contributed by atoms with Crippen molar-refractivity contribution in [2.24, 2.45) is 5.73 Å². The number of nitrogens with zero attached hydrogens (tertiary/aromatic N) is 1. The molecule has 0 aliphatic heterocycles. The minimum absolute atomic E-state index is 0.274. The second kappa shape index (κ2) is 5.46. The number of hydrogen-bond acceptors (Lipinski definition) is 3. The Balaban J connectivity index is 2.83.